The van der Waals surface area contributed by atoms with Gasteiger partial charge in [0.1, 0.15) is 12.0 Å². The van der Waals surface area contributed by atoms with Crippen molar-refractivity contribution in [3.05, 3.63) is 18.3 Å². The van der Waals surface area contributed by atoms with Crippen molar-refractivity contribution in [2.24, 2.45) is 11.1 Å². The molecule has 1 unspecified atom stereocenters. The molecule has 0 amide bonds. The van der Waals surface area contributed by atoms with E-state index in [1.54, 1.807) is 6.07 Å². The van der Waals surface area contributed by atoms with Crippen molar-refractivity contribution in [2.45, 2.75) is 26.8 Å². The van der Waals surface area contributed by atoms with Crippen LogP contribution in [0.25, 0.3) is 11.5 Å². The molecule has 0 saturated heterocycles. The van der Waals surface area contributed by atoms with E-state index in [2.05, 4.69) is 20.1 Å². The van der Waals surface area contributed by atoms with Gasteiger partial charge in [-0.15, -0.1) is 0 Å². The standard InChI is InChI=1S/C12H17N5O2/c1-12(2,3)9(13)11-16-10(17-19-11)7-5-8(18-4)15-6-14-7/h5-6,9H,13H2,1-4H3. The van der Waals surface area contributed by atoms with Gasteiger partial charge in [-0.2, -0.15) is 4.98 Å². The Bertz CT molecular complexity index is 561. The minimum atomic E-state index is -0.336. The zero-order chi connectivity index (χ0) is 14.0. The summed E-state index contributed by atoms with van der Waals surface area (Å²) in [5, 5.41) is 3.88. The molecular weight excluding hydrogens is 246 g/mol. The Kier molecular flexibility index (Phi) is 3.48. The highest BCUT2D eigenvalue weighted by Gasteiger charge is 2.28. The summed E-state index contributed by atoms with van der Waals surface area (Å²) in [6.45, 7) is 6.03. The minimum Gasteiger partial charge on any atom is -0.481 e. The number of hydrogen-bond donors (Lipinski definition) is 1. The molecule has 2 rings (SSSR count). The van der Waals surface area contributed by atoms with E-state index in [9.17, 15) is 0 Å². The number of aromatic nitrogens is 4. The third-order valence-corrected chi connectivity index (χ3v) is 2.72. The summed E-state index contributed by atoms with van der Waals surface area (Å²) < 4.78 is 10.2. The average molecular weight is 263 g/mol. The topological polar surface area (TPSA) is 100.0 Å². The Balaban J connectivity index is 2.30. The van der Waals surface area contributed by atoms with E-state index in [1.807, 2.05) is 20.8 Å². The Morgan fingerprint density at radius 2 is 2.05 bits per heavy atom. The van der Waals surface area contributed by atoms with E-state index in [-0.39, 0.29) is 11.5 Å². The van der Waals surface area contributed by atoms with Crippen LogP contribution in [0.4, 0.5) is 0 Å². The third kappa shape index (κ3) is 2.87. The van der Waals surface area contributed by atoms with Crippen molar-refractivity contribution in [1.82, 2.24) is 20.1 Å². The van der Waals surface area contributed by atoms with E-state index in [0.29, 0.717) is 23.3 Å². The molecule has 2 aromatic heterocycles. The number of rotatable bonds is 3. The van der Waals surface area contributed by atoms with Gasteiger partial charge in [-0.05, 0) is 5.41 Å². The quantitative estimate of drug-likeness (QED) is 0.897. The average Bonchev–Trinajstić information content (AvgIpc) is 2.86. The summed E-state index contributed by atoms with van der Waals surface area (Å²) in [4.78, 5) is 12.3. The lowest BCUT2D eigenvalue weighted by atomic mass is 9.87. The van der Waals surface area contributed by atoms with Gasteiger partial charge >= 0.3 is 0 Å². The second-order valence-electron chi connectivity index (χ2n) is 5.25. The van der Waals surface area contributed by atoms with Crippen LogP contribution in [-0.4, -0.2) is 27.2 Å². The third-order valence-electron chi connectivity index (χ3n) is 2.72. The van der Waals surface area contributed by atoms with Gasteiger partial charge in [0.15, 0.2) is 0 Å². The van der Waals surface area contributed by atoms with Crippen LogP contribution in [0, 0.1) is 5.41 Å². The number of hydrogen-bond acceptors (Lipinski definition) is 7. The molecule has 2 N–H and O–H groups in total. The summed E-state index contributed by atoms with van der Waals surface area (Å²) in [7, 11) is 1.53. The molecule has 2 aromatic rings. The Morgan fingerprint density at radius 3 is 2.68 bits per heavy atom. The molecule has 7 nitrogen and oxygen atoms in total. The van der Waals surface area contributed by atoms with Crippen LogP contribution < -0.4 is 10.5 Å². The SMILES string of the molecule is COc1cc(-c2noc(C(N)C(C)(C)C)n2)ncn1. The van der Waals surface area contributed by atoms with Crippen molar-refractivity contribution in [1.29, 1.82) is 0 Å². The van der Waals surface area contributed by atoms with Crippen LogP contribution in [0.5, 0.6) is 5.88 Å². The minimum absolute atomic E-state index is 0.160. The fraction of sp³-hybridized carbons (Fsp3) is 0.500. The predicted octanol–water partition coefficient (Wildman–Crippen LogP) is 1.58. The van der Waals surface area contributed by atoms with Crippen LogP contribution in [-0.2, 0) is 0 Å². The van der Waals surface area contributed by atoms with E-state index < -0.39 is 0 Å². The van der Waals surface area contributed by atoms with E-state index in [4.69, 9.17) is 15.0 Å². The first-order chi connectivity index (χ1) is 8.91. The van der Waals surface area contributed by atoms with Gasteiger partial charge in [-0.3, -0.25) is 0 Å². The van der Waals surface area contributed by atoms with Crippen molar-refractivity contribution in [2.75, 3.05) is 7.11 Å². The first-order valence-corrected chi connectivity index (χ1v) is 5.87. The van der Waals surface area contributed by atoms with Crippen molar-refractivity contribution in [3.8, 4) is 17.4 Å². The monoisotopic (exact) mass is 263 g/mol. The predicted molar refractivity (Wildman–Crippen MR) is 68.3 cm³/mol. The summed E-state index contributed by atoms with van der Waals surface area (Å²) in [6.07, 6.45) is 1.38. The number of nitrogens with zero attached hydrogens (tertiary/aromatic N) is 4. The Morgan fingerprint density at radius 1 is 1.32 bits per heavy atom. The van der Waals surface area contributed by atoms with Crippen molar-refractivity contribution >= 4 is 0 Å². The molecular formula is C12H17N5O2. The zero-order valence-corrected chi connectivity index (χ0v) is 11.4. The van der Waals surface area contributed by atoms with E-state index in [0.717, 1.165) is 0 Å². The summed E-state index contributed by atoms with van der Waals surface area (Å²) in [5.74, 6) is 1.20. The molecule has 0 spiro atoms. The molecule has 0 fully saturated rings. The van der Waals surface area contributed by atoms with Gasteiger partial charge in [-0.25, -0.2) is 9.97 Å². The molecule has 7 heteroatoms. The lowest BCUT2D eigenvalue weighted by Crippen LogP contribution is -2.26. The normalized spacial score (nSPS) is 13.3. The van der Waals surface area contributed by atoms with Crippen molar-refractivity contribution in [3.63, 3.8) is 0 Å². The summed E-state index contributed by atoms with van der Waals surface area (Å²) in [5.41, 5.74) is 6.44. The lowest BCUT2D eigenvalue weighted by molar-refractivity contribution is 0.253. The second kappa shape index (κ2) is 4.93. The highest BCUT2D eigenvalue weighted by atomic mass is 16.5. The maximum Gasteiger partial charge on any atom is 0.244 e. The van der Waals surface area contributed by atoms with Gasteiger partial charge < -0.3 is 15.0 Å². The van der Waals surface area contributed by atoms with Crippen LogP contribution in [0.15, 0.2) is 16.9 Å². The molecule has 0 aromatic carbocycles. The number of methoxy groups -OCH3 is 1. The van der Waals surface area contributed by atoms with Gasteiger partial charge in [-0.1, -0.05) is 25.9 Å². The van der Waals surface area contributed by atoms with E-state index in [1.165, 1.54) is 13.4 Å². The zero-order valence-electron chi connectivity index (χ0n) is 11.4. The second-order valence-corrected chi connectivity index (χ2v) is 5.25. The molecule has 19 heavy (non-hydrogen) atoms. The lowest BCUT2D eigenvalue weighted by Gasteiger charge is -2.23. The van der Waals surface area contributed by atoms with E-state index >= 15 is 0 Å². The summed E-state index contributed by atoms with van der Waals surface area (Å²) in [6, 6.07) is 1.30. The maximum absolute atomic E-state index is 6.07. The first kappa shape index (κ1) is 13.4. The highest BCUT2D eigenvalue weighted by molar-refractivity contribution is 5.49. The largest absolute Gasteiger partial charge is 0.481 e. The molecule has 0 aliphatic rings. The Labute approximate surface area is 111 Å². The first-order valence-electron chi connectivity index (χ1n) is 5.87. The number of nitrogens with two attached hydrogens (primary N) is 1. The van der Waals surface area contributed by atoms with Crippen LogP contribution >= 0.6 is 0 Å². The van der Waals surface area contributed by atoms with Gasteiger partial charge in [0.2, 0.25) is 17.6 Å². The van der Waals surface area contributed by atoms with Crippen LogP contribution in [0.3, 0.4) is 0 Å². The maximum atomic E-state index is 6.07. The fourth-order valence-electron chi connectivity index (χ4n) is 1.41. The van der Waals surface area contributed by atoms with Crippen molar-refractivity contribution < 1.29 is 9.26 Å². The van der Waals surface area contributed by atoms with Gasteiger partial charge in [0, 0.05) is 6.07 Å². The highest BCUT2D eigenvalue weighted by Crippen LogP contribution is 2.30. The molecule has 0 bridgehead atoms. The van der Waals surface area contributed by atoms with Gasteiger partial charge in [0.25, 0.3) is 0 Å². The molecule has 2 heterocycles. The van der Waals surface area contributed by atoms with Crippen LogP contribution in [0.2, 0.25) is 0 Å². The fourth-order valence-corrected chi connectivity index (χ4v) is 1.41. The molecule has 0 saturated carbocycles. The van der Waals surface area contributed by atoms with Gasteiger partial charge in [0.05, 0.1) is 13.2 Å². The van der Waals surface area contributed by atoms with Crippen LogP contribution in [0.1, 0.15) is 32.7 Å². The molecule has 102 valence electrons. The Hall–Kier alpha value is -2.02. The summed E-state index contributed by atoms with van der Waals surface area (Å²) >= 11 is 0. The molecule has 0 aliphatic carbocycles. The smallest absolute Gasteiger partial charge is 0.244 e. The number of ether oxygens (including phenoxy) is 1. The molecule has 0 radical (unpaired) electrons. The molecule has 0 aliphatic heterocycles. The molecule has 1 atom stereocenters.